The number of amides is 1. The third-order valence-electron chi connectivity index (χ3n) is 2.68. The van der Waals surface area contributed by atoms with Crippen LogP contribution in [-0.4, -0.2) is 32.6 Å². The molecule has 1 aromatic rings. The molecule has 0 radical (unpaired) electrons. The van der Waals surface area contributed by atoms with E-state index in [1.807, 2.05) is 24.3 Å². The van der Waals surface area contributed by atoms with E-state index >= 15 is 0 Å². The van der Waals surface area contributed by atoms with E-state index in [1.165, 1.54) is 7.11 Å². The van der Waals surface area contributed by atoms with Gasteiger partial charge in [0.25, 0.3) is 0 Å². The number of rotatable bonds is 7. The predicted octanol–water partition coefficient (Wildman–Crippen LogP) is 1.31. The molecular formula is C14H19NO4. The maximum Gasteiger partial charge on any atom is 0.307 e. The molecule has 1 rings (SSSR count). The fourth-order valence-corrected chi connectivity index (χ4v) is 1.54. The highest BCUT2D eigenvalue weighted by Gasteiger charge is 2.04. The number of hydrogen-bond acceptors (Lipinski definition) is 4. The largest absolute Gasteiger partial charge is 0.497 e. The molecule has 0 atom stereocenters. The zero-order valence-electron chi connectivity index (χ0n) is 11.3. The van der Waals surface area contributed by atoms with Crippen LogP contribution in [0.25, 0.3) is 0 Å². The van der Waals surface area contributed by atoms with E-state index < -0.39 is 0 Å². The Hall–Kier alpha value is -2.04. The summed E-state index contributed by atoms with van der Waals surface area (Å²) in [5.74, 6) is 0.404. The van der Waals surface area contributed by atoms with E-state index in [1.54, 1.807) is 7.11 Å². The van der Waals surface area contributed by atoms with Crippen LogP contribution in [0.1, 0.15) is 18.4 Å². The highest BCUT2D eigenvalue weighted by atomic mass is 16.5. The summed E-state index contributed by atoms with van der Waals surface area (Å²) >= 11 is 0. The second-order valence-corrected chi connectivity index (χ2v) is 4.02. The zero-order chi connectivity index (χ0) is 14.1. The van der Waals surface area contributed by atoms with Crippen LogP contribution in [0.2, 0.25) is 0 Å². The van der Waals surface area contributed by atoms with E-state index in [0.717, 1.165) is 11.3 Å². The predicted molar refractivity (Wildman–Crippen MR) is 71.0 cm³/mol. The number of hydrogen-bond donors (Lipinski definition) is 1. The Morgan fingerprint density at radius 3 is 2.37 bits per heavy atom. The van der Waals surface area contributed by atoms with Crippen LogP contribution >= 0.6 is 0 Å². The normalized spacial score (nSPS) is 9.79. The van der Waals surface area contributed by atoms with Crippen LogP contribution in [0.15, 0.2) is 24.3 Å². The molecule has 0 heterocycles. The number of carbonyl (C=O) groups is 2. The zero-order valence-corrected chi connectivity index (χ0v) is 11.3. The van der Waals surface area contributed by atoms with Crippen LogP contribution < -0.4 is 10.1 Å². The van der Waals surface area contributed by atoms with Crippen molar-refractivity contribution in [3.8, 4) is 5.75 Å². The highest BCUT2D eigenvalue weighted by molar-refractivity contribution is 5.77. The fourth-order valence-electron chi connectivity index (χ4n) is 1.54. The highest BCUT2D eigenvalue weighted by Crippen LogP contribution is 2.12. The topological polar surface area (TPSA) is 64.6 Å². The minimum absolute atomic E-state index is 0.0697. The minimum atomic E-state index is -0.324. The van der Waals surface area contributed by atoms with E-state index in [4.69, 9.17) is 4.74 Å². The van der Waals surface area contributed by atoms with E-state index in [-0.39, 0.29) is 18.3 Å². The second kappa shape index (κ2) is 8.13. The van der Waals surface area contributed by atoms with Crippen molar-refractivity contribution in [2.45, 2.75) is 19.3 Å². The summed E-state index contributed by atoms with van der Waals surface area (Å²) in [5, 5.41) is 2.68. The van der Waals surface area contributed by atoms with Crippen molar-refractivity contribution >= 4 is 11.9 Å². The molecule has 0 bridgehead atoms. The summed E-state index contributed by atoms with van der Waals surface area (Å²) in [7, 11) is 2.94. The first-order valence-electron chi connectivity index (χ1n) is 6.12. The average molecular weight is 265 g/mol. The molecule has 19 heavy (non-hydrogen) atoms. The molecule has 0 aliphatic rings. The van der Waals surface area contributed by atoms with Crippen LogP contribution in [0.4, 0.5) is 0 Å². The molecule has 1 N–H and O–H groups in total. The van der Waals surface area contributed by atoms with E-state index in [0.29, 0.717) is 19.4 Å². The molecule has 0 fully saturated rings. The van der Waals surface area contributed by atoms with E-state index in [9.17, 15) is 9.59 Å². The van der Waals surface area contributed by atoms with Gasteiger partial charge in [0, 0.05) is 13.0 Å². The molecule has 0 aliphatic carbocycles. The Labute approximate surface area is 112 Å². The van der Waals surface area contributed by atoms with Gasteiger partial charge in [-0.1, -0.05) is 12.1 Å². The number of benzene rings is 1. The lowest BCUT2D eigenvalue weighted by molar-refractivity contribution is -0.140. The summed E-state index contributed by atoms with van der Waals surface area (Å²) in [4.78, 5) is 22.4. The van der Waals surface area contributed by atoms with Crippen LogP contribution in [-0.2, 0) is 20.7 Å². The van der Waals surface area contributed by atoms with Crippen molar-refractivity contribution in [1.82, 2.24) is 5.32 Å². The number of esters is 1. The fraction of sp³-hybridized carbons (Fsp3) is 0.429. The number of carbonyl (C=O) groups excluding carboxylic acids is 2. The second-order valence-electron chi connectivity index (χ2n) is 4.02. The van der Waals surface area contributed by atoms with Crippen molar-refractivity contribution in [2.75, 3.05) is 20.8 Å². The molecule has 104 valence electrons. The lowest BCUT2D eigenvalue weighted by atomic mass is 10.1. The van der Waals surface area contributed by atoms with Crippen molar-refractivity contribution in [2.24, 2.45) is 0 Å². The Kier molecular flexibility index (Phi) is 6.43. The van der Waals surface area contributed by atoms with Crippen molar-refractivity contribution in [3.63, 3.8) is 0 Å². The summed E-state index contributed by atoms with van der Waals surface area (Å²) < 4.78 is 9.54. The molecule has 0 saturated heterocycles. The summed E-state index contributed by atoms with van der Waals surface area (Å²) in [6.45, 7) is 0.314. The van der Waals surface area contributed by atoms with Gasteiger partial charge in [-0.3, -0.25) is 9.59 Å². The lowest BCUT2D eigenvalue weighted by Gasteiger charge is -2.05. The van der Waals surface area contributed by atoms with Crippen molar-refractivity contribution in [3.05, 3.63) is 29.8 Å². The molecule has 1 aromatic carbocycles. The summed E-state index contributed by atoms with van der Waals surface area (Å²) in [5.41, 5.74) is 1.07. The molecule has 1 amide bonds. The smallest absolute Gasteiger partial charge is 0.307 e. The maximum absolute atomic E-state index is 11.5. The van der Waals surface area contributed by atoms with Gasteiger partial charge in [0.2, 0.25) is 5.91 Å². The number of methoxy groups -OCH3 is 2. The van der Waals surface area contributed by atoms with Gasteiger partial charge in [-0.15, -0.1) is 0 Å². The van der Waals surface area contributed by atoms with Gasteiger partial charge < -0.3 is 14.8 Å². The Morgan fingerprint density at radius 1 is 1.11 bits per heavy atom. The standard InChI is InChI=1S/C14H19NO4/c1-18-12-6-3-11(4-7-12)5-8-13(16)15-10-9-14(17)19-2/h3-4,6-7H,5,8-10H2,1-2H3,(H,15,16). The number of nitrogens with one attached hydrogen (secondary N) is 1. The third-order valence-corrected chi connectivity index (χ3v) is 2.68. The molecule has 0 unspecified atom stereocenters. The third kappa shape index (κ3) is 5.90. The van der Waals surface area contributed by atoms with Gasteiger partial charge in [-0.05, 0) is 24.1 Å². The van der Waals surface area contributed by atoms with Gasteiger partial charge >= 0.3 is 5.97 Å². The first kappa shape index (κ1) is 15.0. The molecule has 0 aliphatic heterocycles. The van der Waals surface area contributed by atoms with Gasteiger partial charge in [0.05, 0.1) is 20.6 Å². The Balaban J connectivity index is 2.23. The molecule has 0 saturated carbocycles. The van der Waals surface area contributed by atoms with Gasteiger partial charge in [0.1, 0.15) is 5.75 Å². The number of aryl methyl sites for hydroxylation is 1. The Morgan fingerprint density at radius 2 is 1.79 bits per heavy atom. The van der Waals surface area contributed by atoms with Gasteiger partial charge in [-0.2, -0.15) is 0 Å². The van der Waals surface area contributed by atoms with Crippen LogP contribution in [0.5, 0.6) is 5.75 Å². The first-order chi connectivity index (χ1) is 9.15. The SMILES string of the molecule is COC(=O)CCNC(=O)CCc1ccc(OC)cc1. The van der Waals surface area contributed by atoms with Crippen LogP contribution in [0, 0.1) is 0 Å². The molecule has 5 heteroatoms. The average Bonchev–Trinajstić information content (AvgIpc) is 2.45. The molecule has 0 aromatic heterocycles. The van der Waals surface area contributed by atoms with Gasteiger partial charge in [-0.25, -0.2) is 0 Å². The van der Waals surface area contributed by atoms with Gasteiger partial charge in [0.15, 0.2) is 0 Å². The Bertz CT molecular complexity index is 414. The van der Waals surface area contributed by atoms with Crippen LogP contribution in [0.3, 0.4) is 0 Å². The first-order valence-corrected chi connectivity index (χ1v) is 6.12. The molecular weight excluding hydrogens is 246 g/mol. The summed E-state index contributed by atoms with van der Waals surface area (Å²) in [6.07, 6.45) is 1.26. The summed E-state index contributed by atoms with van der Waals surface area (Å²) in [6, 6.07) is 7.59. The number of ether oxygens (including phenoxy) is 2. The monoisotopic (exact) mass is 265 g/mol. The molecule has 5 nitrogen and oxygen atoms in total. The maximum atomic E-state index is 11.5. The quantitative estimate of drug-likeness (QED) is 0.755. The van der Waals surface area contributed by atoms with E-state index in [2.05, 4.69) is 10.1 Å². The molecule has 0 spiro atoms. The minimum Gasteiger partial charge on any atom is -0.497 e. The van der Waals surface area contributed by atoms with Crippen molar-refractivity contribution in [1.29, 1.82) is 0 Å². The van der Waals surface area contributed by atoms with Crippen molar-refractivity contribution < 1.29 is 19.1 Å². The lowest BCUT2D eigenvalue weighted by Crippen LogP contribution is -2.26.